The van der Waals surface area contributed by atoms with Gasteiger partial charge in [0, 0.05) is 35.8 Å². The molecule has 13 heteroatoms. The lowest BCUT2D eigenvalue weighted by atomic mass is 10.0. The molecule has 0 bridgehead atoms. The molecule has 2 aromatic carbocycles. The normalized spacial score (nSPS) is 14.4. The van der Waals surface area contributed by atoms with Crippen molar-refractivity contribution in [3.05, 3.63) is 65.0 Å². The SMILES string of the molecule is CC(C)Oc1ccc(CNC(=O)N(Cc2ccc(F)cc2F)C2CCN(C)CC2)c(F)c1.O=C(O)C(F)(F)F. The predicted molar refractivity (Wildman–Crippen MR) is 131 cm³/mol. The number of urea groups is 1. The molecule has 0 saturated carbocycles. The maximum atomic E-state index is 14.5. The van der Waals surface area contributed by atoms with Crippen LogP contribution in [0.2, 0.25) is 0 Å². The maximum absolute atomic E-state index is 14.5. The summed E-state index contributed by atoms with van der Waals surface area (Å²) in [7, 11) is 2.01. The van der Waals surface area contributed by atoms with Crippen molar-refractivity contribution in [2.24, 2.45) is 0 Å². The fourth-order valence-electron chi connectivity index (χ4n) is 3.80. The lowest BCUT2D eigenvalue weighted by molar-refractivity contribution is -0.192. The smallest absolute Gasteiger partial charge is 0.490 e. The summed E-state index contributed by atoms with van der Waals surface area (Å²) in [5, 5.41) is 9.88. The molecule has 2 aromatic rings. The minimum Gasteiger partial charge on any atom is -0.491 e. The summed E-state index contributed by atoms with van der Waals surface area (Å²) in [6.07, 6.45) is -3.68. The highest BCUT2D eigenvalue weighted by Gasteiger charge is 2.38. The number of carbonyl (C=O) groups is 2. The topological polar surface area (TPSA) is 82.1 Å². The van der Waals surface area contributed by atoms with Crippen LogP contribution in [0.25, 0.3) is 0 Å². The summed E-state index contributed by atoms with van der Waals surface area (Å²) in [6, 6.07) is 7.37. The molecule has 0 unspecified atom stereocenters. The summed E-state index contributed by atoms with van der Waals surface area (Å²) < 4.78 is 79.2. The lowest BCUT2D eigenvalue weighted by Crippen LogP contribution is -2.49. The van der Waals surface area contributed by atoms with Crippen LogP contribution in [0, 0.1) is 17.5 Å². The van der Waals surface area contributed by atoms with Crippen LogP contribution in [-0.2, 0) is 17.9 Å². The molecule has 0 radical (unpaired) electrons. The van der Waals surface area contributed by atoms with Crippen molar-refractivity contribution in [1.29, 1.82) is 0 Å². The van der Waals surface area contributed by atoms with Crippen molar-refractivity contribution in [3.63, 3.8) is 0 Å². The van der Waals surface area contributed by atoms with Gasteiger partial charge < -0.3 is 25.0 Å². The number of nitrogens with one attached hydrogen (secondary N) is 1. The summed E-state index contributed by atoms with van der Waals surface area (Å²) in [5.41, 5.74) is 0.563. The number of halogens is 6. The summed E-state index contributed by atoms with van der Waals surface area (Å²) >= 11 is 0. The first-order valence-corrected chi connectivity index (χ1v) is 12.1. The van der Waals surface area contributed by atoms with Gasteiger partial charge in [0.25, 0.3) is 0 Å². The van der Waals surface area contributed by atoms with E-state index in [1.54, 1.807) is 17.0 Å². The van der Waals surface area contributed by atoms with E-state index in [1.807, 2.05) is 20.9 Å². The number of piperidine rings is 1. The number of benzene rings is 2. The van der Waals surface area contributed by atoms with Crippen LogP contribution in [0.3, 0.4) is 0 Å². The molecule has 1 aliphatic heterocycles. The van der Waals surface area contributed by atoms with E-state index in [1.165, 1.54) is 18.2 Å². The van der Waals surface area contributed by atoms with Gasteiger partial charge in [-0.05, 0) is 59.0 Å². The number of carboxylic acids is 1. The maximum Gasteiger partial charge on any atom is 0.490 e. The molecular formula is C26H31F6N3O4. The number of hydrogen-bond donors (Lipinski definition) is 2. The molecule has 3 rings (SSSR count). The quantitative estimate of drug-likeness (QED) is 0.445. The lowest BCUT2D eigenvalue weighted by Gasteiger charge is -2.37. The van der Waals surface area contributed by atoms with Gasteiger partial charge in [-0.3, -0.25) is 0 Å². The number of amides is 2. The van der Waals surface area contributed by atoms with E-state index < -0.39 is 35.6 Å². The number of hydrogen-bond acceptors (Lipinski definition) is 4. The van der Waals surface area contributed by atoms with E-state index >= 15 is 0 Å². The van der Waals surface area contributed by atoms with E-state index in [0.717, 1.165) is 32.0 Å². The largest absolute Gasteiger partial charge is 0.491 e. The molecule has 7 nitrogen and oxygen atoms in total. The molecule has 0 aromatic heterocycles. The van der Waals surface area contributed by atoms with Crippen molar-refractivity contribution < 1.29 is 45.8 Å². The van der Waals surface area contributed by atoms with Gasteiger partial charge in [0.2, 0.25) is 0 Å². The van der Waals surface area contributed by atoms with Crippen LogP contribution >= 0.6 is 0 Å². The number of likely N-dealkylation sites (tertiary alicyclic amines) is 1. The Morgan fingerprint density at radius 1 is 1.05 bits per heavy atom. The Morgan fingerprint density at radius 3 is 2.13 bits per heavy atom. The molecule has 0 aliphatic carbocycles. The van der Waals surface area contributed by atoms with Crippen LogP contribution in [0.15, 0.2) is 36.4 Å². The third-order valence-electron chi connectivity index (χ3n) is 5.81. The fourth-order valence-corrected chi connectivity index (χ4v) is 3.80. The first-order chi connectivity index (χ1) is 18.2. The third-order valence-corrected chi connectivity index (χ3v) is 5.81. The Kier molecular flexibility index (Phi) is 11.4. The second-order valence-electron chi connectivity index (χ2n) is 9.28. The number of ether oxygens (including phenoxy) is 1. The Labute approximate surface area is 222 Å². The number of nitrogens with zero attached hydrogens (tertiary/aromatic N) is 2. The number of carboxylic acid groups (broad SMARTS) is 1. The van der Waals surface area contributed by atoms with Crippen molar-refractivity contribution in [2.45, 2.75) is 58.1 Å². The zero-order valence-electron chi connectivity index (χ0n) is 21.7. The molecule has 1 fully saturated rings. The number of aliphatic carboxylic acids is 1. The van der Waals surface area contributed by atoms with Gasteiger partial charge in [-0.1, -0.05) is 12.1 Å². The average molecular weight is 564 g/mol. The van der Waals surface area contributed by atoms with Crippen molar-refractivity contribution in [1.82, 2.24) is 15.1 Å². The van der Waals surface area contributed by atoms with E-state index in [0.29, 0.717) is 11.3 Å². The first-order valence-electron chi connectivity index (χ1n) is 12.1. The highest BCUT2D eigenvalue weighted by Crippen LogP contribution is 2.22. The minimum absolute atomic E-state index is 0.00990. The molecular weight excluding hydrogens is 532 g/mol. The Hall–Kier alpha value is -3.48. The standard InChI is InChI=1S/C24H30F3N3O2.C2HF3O2/c1-16(2)32-21-7-5-17(23(27)13-21)14-28-24(31)30(20-8-10-29(3)11-9-20)15-18-4-6-19(25)12-22(18)26;3-2(4,5)1(6)7/h4-7,12-13,16,20H,8-11,14-15H2,1-3H3,(H,28,31);(H,6,7). The minimum atomic E-state index is -5.08. The van der Waals surface area contributed by atoms with Crippen molar-refractivity contribution in [2.75, 3.05) is 20.1 Å². The van der Waals surface area contributed by atoms with Gasteiger partial charge in [0.05, 0.1) is 12.6 Å². The van der Waals surface area contributed by atoms with Crippen LogP contribution in [0.1, 0.15) is 37.8 Å². The van der Waals surface area contributed by atoms with E-state index in [2.05, 4.69) is 10.2 Å². The molecule has 1 heterocycles. The number of carbonyl (C=O) groups excluding carboxylic acids is 1. The molecule has 0 atom stereocenters. The number of alkyl halides is 3. The van der Waals surface area contributed by atoms with Crippen LogP contribution < -0.4 is 10.1 Å². The zero-order valence-corrected chi connectivity index (χ0v) is 21.7. The van der Waals surface area contributed by atoms with E-state index in [4.69, 9.17) is 14.6 Å². The Balaban J connectivity index is 0.000000673. The zero-order chi connectivity index (χ0) is 29.3. The van der Waals surface area contributed by atoms with Crippen molar-refractivity contribution in [3.8, 4) is 5.75 Å². The van der Waals surface area contributed by atoms with Gasteiger partial charge in [-0.15, -0.1) is 0 Å². The number of rotatable bonds is 7. The molecule has 1 aliphatic rings. The highest BCUT2D eigenvalue weighted by molar-refractivity contribution is 5.74. The molecule has 39 heavy (non-hydrogen) atoms. The molecule has 2 amide bonds. The van der Waals surface area contributed by atoms with E-state index in [9.17, 15) is 31.1 Å². The van der Waals surface area contributed by atoms with Crippen LogP contribution in [-0.4, -0.2) is 65.4 Å². The van der Waals surface area contributed by atoms with Crippen LogP contribution in [0.4, 0.5) is 31.1 Å². The Morgan fingerprint density at radius 2 is 1.62 bits per heavy atom. The summed E-state index contributed by atoms with van der Waals surface area (Å²) in [4.78, 5) is 25.7. The monoisotopic (exact) mass is 563 g/mol. The van der Waals surface area contributed by atoms with Gasteiger partial charge in [0.15, 0.2) is 0 Å². The van der Waals surface area contributed by atoms with Gasteiger partial charge in [-0.2, -0.15) is 13.2 Å². The molecule has 216 valence electrons. The van der Waals surface area contributed by atoms with Crippen LogP contribution in [0.5, 0.6) is 5.75 Å². The predicted octanol–water partition coefficient (Wildman–Crippen LogP) is 5.33. The average Bonchev–Trinajstić information content (AvgIpc) is 2.83. The van der Waals surface area contributed by atoms with Gasteiger partial charge in [-0.25, -0.2) is 22.8 Å². The fraction of sp³-hybridized carbons (Fsp3) is 0.462. The molecule has 2 N–H and O–H groups in total. The van der Waals surface area contributed by atoms with Gasteiger partial charge in [0.1, 0.15) is 23.2 Å². The van der Waals surface area contributed by atoms with E-state index in [-0.39, 0.29) is 30.8 Å². The second-order valence-corrected chi connectivity index (χ2v) is 9.28. The van der Waals surface area contributed by atoms with Crippen molar-refractivity contribution >= 4 is 12.0 Å². The molecule has 1 saturated heterocycles. The summed E-state index contributed by atoms with van der Waals surface area (Å²) in [6.45, 7) is 5.33. The first kappa shape index (κ1) is 31.7. The Bertz CT molecular complexity index is 1120. The van der Waals surface area contributed by atoms with Gasteiger partial charge >= 0.3 is 18.2 Å². The summed E-state index contributed by atoms with van der Waals surface area (Å²) in [5.74, 6) is -4.16. The highest BCUT2D eigenvalue weighted by atomic mass is 19.4. The third kappa shape index (κ3) is 10.3. The molecule has 0 spiro atoms. The second kappa shape index (κ2) is 14.1.